The summed E-state index contributed by atoms with van der Waals surface area (Å²) in [4.78, 5) is 17.2. The Labute approximate surface area is 118 Å². The molecule has 4 heteroatoms. The summed E-state index contributed by atoms with van der Waals surface area (Å²) in [6.45, 7) is 1.05. The first-order chi connectivity index (χ1) is 9.81. The molecular weight excluding hydrogens is 252 g/mol. The summed E-state index contributed by atoms with van der Waals surface area (Å²) in [5.74, 6) is -0.0150. The maximum absolute atomic E-state index is 12.5. The standard InChI is InChI=1S/C16H18N2O2/c1-20-10-9-17-16(19)15-11-5-2-3-7-13(11)18-14-8-4-6-12(14)15/h2-3,5,7H,4,6,8-10H2,1H3,(H,17,19). The highest BCUT2D eigenvalue weighted by atomic mass is 16.5. The summed E-state index contributed by atoms with van der Waals surface area (Å²) in [6, 6.07) is 7.87. The molecule has 0 fully saturated rings. The number of hydrogen-bond acceptors (Lipinski definition) is 3. The number of rotatable bonds is 4. The first-order valence-corrected chi connectivity index (χ1v) is 6.99. The minimum atomic E-state index is -0.0150. The molecule has 0 atom stereocenters. The zero-order chi connectivity index (χ0) is 13.9. The second-order valence-corrected chi connectivity index (χ2v) is 5.03. The van der Waals surface area contributed by atoms with E-state index in [2.05, 4.69) is 5.32 Å². The molecule has 1 N–H and O–H groups in total. The minimum absolute atomic E-state index is 0.0150. The molecule has 2 aromatic rings. The number of pyridine rings is 1. The van der Waals surface area contributed by atoms with E-state index in [9.17, 15) is 4.79 Å². The molecule has 0 radical (unpaired) electrons. The summed E-state index contributed by atoms with van der Waals surface area (Å²) >= 11 is 0. The SMILES string of the molecule is COCCNC(=O)c1c2c(nc3ccccc13)CCC2. The molecule has 0 spiro atoms. The van der Waals surface area contributed by atoms with Crippen molar-refractivity contribution in [3.8, 4) is 0 Å². The van der Waals surface area contributed by atoms with E-state index >= 15 is 0 Å². The Morgan fingerprint density at radius 3 is 3.05 bits per heavy atom. The van der Waals surface area contributed by atoms with Gasteiger partial charge < -0.3 is 10.1 Å². The quantitative estimate of drug-likeness (QED) is 0.866. The van der Waals surface area contributed by atoms with Crippen molar-refractivity contribution in [3.05, 3.63) is 41.1 Å². The third-order valence-corrected chi connectivity index (χ3v) is 3.74. The fraction of sp³-hybridized carbons (Fsp3) is 0.375. The predicted molar refractivity (Wildman–Crippen MR) is 78.0 cm³/mol. The van der Waals surface area contributed by atoms with Gasteiger partial charge in [-0.15, -0.1) is 0 Å². The van der Waals surface area contributed by atoms with Gasteiger partial charge >= 0.3 is 0 Å². The Bertz CT molecular complexity index is 652. The van der Waals surface area contributed by atoms with Gasteiger partial charge in [0.2, 0.25) is 0 Å². The summed E-state index contributed by atoms with van der Waals surface area (Å²) in [7, 11) is 1.63. The van der Waals surface area contributed by atoms with Gasteiger partial charge in [0, 0.05) is 24.7 Å². The van der Waals surface area contributed by atoms with E-state index < -0.39 is 0 Å². The monoisotopic (exact) mass is 270 g/mol. The molecule has 1 heterocycles. The molecule has 0 saturated heterocycles. The van der Waals surface area contributed by atoms with Crippen LogP contribution in [0.1, 0.15) is 28.0 Å². The van der Waals surface area contributed by atoms with Crippen LogP contribution in [-0.2, 0) is 17.6 Å². The smallest absolute Gasteiger partial charge is 0.252 e. The van der Waals surface area contributed by atoms with Gasteiger partial charge in [0.25, 0.3) is 5.91 Å². The molecule has 0 aliphatic heterocycles. The summed E-state index contributed by atoms with van der Waals surface area (Å²) in [5, 5.41) is 3.88. The Balaban J connectivity index is 2.05. The first-order valence-electron chi connectivity index (χ1n) is 6.99. The molecule has 0 saturated carbocycles. The highest BCUT2D eigenvalue weighted by Crippen LogP contribution is 2.29. The summed E-state index contributed by atoms with van der Waals surface area (Å²) < 4.78 is 4.98. The van der Waals surface area contributed by atoms with Gasteiger partial charge in [-0.3, -0.25) is 9.78 Å². The lowest BCUT2D eigenvalue weighted by atomic mass is 10.0. The van der Waals surface area contributed by atoms with Crippen molar-refractivity contribution >= 4 is 16.8 Å². The number of aromatic nitrogens is 1. The second-order valence-electron chi connectivity index (χ2n) is 5.03. The maximum atomic E-state index is 12.5. The number of para-hydroxylation sites is 1. The van der Waals surface area contributed by atoms with Gasteiger partial charge in [-0.2, -0.15) is 0 Å². The molecule has 1 aromatic carbocycles. The lowest BCUT2D eigenvalue weighted by Crippen LogP contribution is -2.28. The number of ether oxygens (including phenoxy) is 1. The largest absolute Gasteiger partial charge is 0.383 e. The maximum Gasteiger partial charge on any atom is 0.252 e. The predicted octanol–water partition coefficient (Wildman–Crippen LogP) is 2.10. The van der Waals surface area contributed by atoms with Crippen LogP contribution < -0.4 is 5.32 Å². The van der Waals surface area contributed by atoms with Crippen LogP contribution in [0.3, 0.4) is 0 Å². The number of methoxy groups -OCH3 is 1. The van der Waals surface area contributed by atoms with Crippen LogP contribution in [0.25, 0.3) is 10.9 Å². The van der Waals surface area contributed by atoms with E-state index in [0.29, 0.717) is 13.2 Å². The van der Waals surface area contributed by atoms with Crippen LogP contribution >= 0.6 is 0 Å². The van der Waals surface area contributed by atoms with Crippen LogP contribution in [0.4, 0.5) is 0 Å². The number of amides is 1. The number of carbonyl (C=O) groups excluding carboxylic acids is 1. The Hall–Kier alpha value is -1.94. The highest BCUT2D eigenvalue weighted by molar-refractivity contribution is 6.07. The molecular formula is C16H18N2O2. The molecule has 0 bridgehead atoms. The Morgan fingerprint density at radius 2 is 2.20 bits per heavy atom. The fourth-order valence-electron chi connectivity index (χ4n) is 2.83. The first kappa shape index (κ1) is 13.1. The zero-order valence-corrected chi connectivity index (χ0v) is 11.6. The van der Waals surface area contributed by atoms with E-state index in [0.717, 1.165) is 47.0 Å². The number of fused-ring (bicyclic) bond motifs is 2. The van der Waals surface area contributed by atoms with E-state index in [1.165, 1.54) is 0 Å². The lowest BCUT2D eigenvalue weighted by Gasteiger charge is -2.12. The topological polar surface area (TPSA) is 51.2 Å². The summed E-state index contributed by atoms with van der Waals surface area (Å²) in [6.07, 6.45) is 3.00. The van der Waals surface area contributed by atoms with E-state index in [1.807, 2.05) is 24.3 Å². The Morgan fingerprint density at radius 1 is 1.35 bits per heavy atom. The van der Waals surface area contributed by atoms with Gasteiger partial charge in [0.1, 0.15) is 0 Å². The van der Waals surface area contributed by atoms with Crippen molar-refractivity contribution in [2.45, 2.75) is 19.3 Å². The third-order valence-electron chi connectivity index (χ3n) is 3.74. The van der Waals surface area contributed by atoms with Crippen molar-refractivity contribution in [2.24, 2.45) is 0 Å². The summed E-state index contributed by atoms with van der Waals surface area (Å²) in [5.41, 5.74) is 3.92. The molecule has 1 aliphatic carbocycles. The number of nitrogens with zero attached hydrogens (tertiary/aromatic N) is 1. The van der Waals surface area contributed by atoms with Crippen LogP contribution in [0.2, 0.25) is 0 Å². The molecule has 1 aromatic heterocycles. The number of hydrogen-bond donors (Lipinski definition) is 1. The van der Waals surface area contributed by atoms with Crippen molar-refractivity contribution in [2.75, 3.05) is 20.3 Å². The van der Waals surface area contributed by atoms with Crippen molar-refractivity contribution in [3.63, 3.8) is 0 Å². The molecule has 4 nitrogen and oxygen atoms in total. The van der Waals surface area contributed by atoms with Crippen LogP contribution in [0.15, 0.2) is 24.3 Å². The van der Waals surface area contributed by atoms with Gasteiger partial charge in [-0.1, -0.05) is 18.2 Å². The molecule has 20 heavy (non-hydrogen) atoms. The normalized spacial score (nSPS) is 13.4. The molecule has 1 amide bonds. The second kappa shape index (κ2) is 5.59. The van der Waals surface area contributed by atoms with Crippen molar-refractivity contribution in [1.82, 2.24) is 10.3 Å². The van der Waals surface area contributed by atoms with Gasteiger partial charge in [-0.05, 0) is 30.9 Å². The number of nitrogens with one attached hydrogen (secondary N) is 1. The number of carbonyl (C=O) groups is 1. The van der Waals surface area contributed by atoms with Gasteiger partial charge in [-0.25, -0.2) is 0 Å². The Kier molecular flexibility index (Phi) is 3.65. The van der Waals surface area contributed by atoms with E-state index in [-0.39, 0.29) is 5.91 Å². The lowest BCUT2D eigenvalue weighted by molar-refractivity contribution is 0.0938. The van der Waals surface area contributed by atoms with E-state index in [4.69, 9.17) is 9.72 Å². The average Bonchev–Trinajstić information content (AvgIpc) is 2.92. The van der Waals surface area contributed by atoms with Crippen molar-refractivity contribution in [1.29, 1.82) is 0 Å². The van der Waals surface area contributed by atoms with Crippen LogP contribution in [0, 0.1) is 0 Å². The van der Waals surface area contributed by atoms with Crippen LogP contribution in [-0.4, -0.2) is 31.2 Å². The molecule has 1 aliphatic rings. The molecule has 3 rings (SSSR count). The zero-order valence-electron chi connectivity index (χ0n) is 11.6. The van der Waals surface area contributed by atoms with E-state index in [1.54, 1.807) is 7.11 Å². The molecule has 0 unspecified atom stereocenters. The fourth-order valence-corrected chi connectivity index (χ4v) is 2.83. The minimum Gasteiger partial charge on any atom is -0.383 e. The third kappa shape index (κ3) is 2.27. The van der Waals surface area contributed by atoms with Crippen LogP contribution in [0.5, 0.6) is 0 Å². The highest BCUT2D eigenvalue weighted by Gasteiger charge is 2.23. The average molecular weight is 270 g/mol. The van der Waals surface area contributed by atoms with Gasteiger partial charge in [0.15, 0.2) is 0 Å². The number of benzene rings is 1. The van der Waals surface area contributed by atoms with Crippen molar-refractivity contribution < 1.29 is 9.53 Å². The number of aryl methyl sites for hydroxylation is 1. The van der Waals surface area contributed by atoms with Gasteiger partial charge in [0.05, 0.1) is 17.7 Å². The molecule has 104 valence electrons.